The van der Waals surface area contributed by atoms with Crippen LogP contribution in [0.5, 0.6) is 0 Å². The lowest BCUT2D eigenvalue weighted by atomic mass is 10.2. The fraction of sp³-hybridized carbons (Fsp3) is 0.308. The molecule has 2 aromatic rings. The topological polar surface area (TPSA) is 69.0 Å². The van der Waals surface area contributed by atoms with Crippen LogP contribution in [0.2, 0.25) is 0 Å². The first-order valence-corrected chi connectivity index (χ1v) is 5.88. The van der Waals surface area contributed by atoms with Crippen LogP contribution in [0.1, 0.15) is 21.6 Å². The molecule has 2 rings (SSSR count). The minimum Gasteiger partial charge on any atom is -0.465 e. The van der Waals surface area contributed by atoms with Crippen molar-refractivity contribution in [3.8, 4) is 0 Å². The summed E-state index contributed by atoms with van der Waals surface area (Å²) in [7, 11) is 3.22. The van der Waals surface area contributed by atoms with Crippen LogP contribution in [0.4, 0.5) is 5.82 Å². The molecule has 100 valence electrons. The molecule has 0 saturated carbocycles. The van der Waals surface area contributed by atoms with Crippen molar-refractivity contribution >= 4 is 11.8 Å². The Balaban J connectivity index is 2.16. The molecule has 0 atom stereocenters. The van der Waals surface area contributed by atoms with Gasteiger partial charge in [-0.15, -0.1) is 0 Å². The Kier molecular flexibility index (Phi) is 3.79. The SMILES string of the molecule is COC(=O)c1cccnc1NCc1cn(C)nc1C. The molecule has 6 heteroatoms. The second kappa shape index (κ2) is 5.51. The van der Waals surface area contributed by atoms with Gasteiger partial charge in [-0.25, -0.2) is 9.78 Å². The van der Waals surface area contributed by atoms with E-state index in [1.807, 2.05) is 20.2 Å². The number of ether oxygens (including phenoxy) is 1. The first-order valence-electron chi connectivity index (χ1n) is 5.88. The van der Waals surface area contributed by atoms with Gasteiger partial charge >= 0.3 is 5.97 Å². The van der Waals surface area contributed by atoms with E-state index < -0.39 is 5.97 Å². The van der Waals surface area contributed by atoms with Crippen molar-refractivity contribution in [1.82, 2.24) is 14.8 Å². The summed E-state index contributed by atoms with van der Waals surface area (Å²) < 4.78 is 6.48. The minimum atomic E-state index is -0.404. The molecule has 0 unspecified atom stereocenters. The van der Waals surface area contributed by atoms with E-state index in [-0.39, 0.29) is 0 Å². The van der Waals surface area contributed by atoms with E-state index in [4.69, 9.17) is 4.74 Å². The molecule has 0 amide bonds. The minimum absolute atomic E-state index is 0.404. The third-order valence-electron chi connectivity index (χ3n) is 2.77. The highest BCUT2D eigenvalue weighted by Gasteiger charge is 2.12. The van der Waals surface area contributed by atoms with Gasteiger partial charge in [0.15, 0.2) is 0 Å². The summed E-state index contributed by atoms with van der Waals surface area (Å²) in [5, 5.41) is 7.40. The summed E-state index contributed by atoms with van der Waals surface area (Å²) in [5.41, 5.74) is 2.43. The molecule has 0 saturated heterocycles. The normalized spacial score (nSPS) is 10.3. The quantitative estimate of drug-likeness (QED) is 0.844. The number of aryl methyl sites for hydroxylation is 2. The van der Waals surface area contributed by atoms with Crippen LogP contribution in [-0.4, -0.2) is 27.8 Å². The number of carbonyl (C=O) groups excluding carboxylic acids is 1. The Morgan fingerprint density at radius 3 is 2.95 bits per heavy atom. The summed E-state index contributed by atoms with van der Waals surface area (Å²) in [6.45, 7) is 2.50. The first-order chi connectivity index (χ1) is 9.11. The fourth-order valence-corrected chi connectivity index (χ4v) is 1.82. The van der Waals surface area contributed by atoms with Crippen LogP contribution in [0.3, 0.4) is 0 Å². The highest BCUT2D eigenvalue weighted by atomic mass is 16.5. The fourth-order valence-electron chi connectivity index (χ4n) is 1.82. The van der Waals surface area contributed by atoms with Crippen molar-refractivity contribution in [2.24, 2.45) is 7.05 Å². The maximum absolute atomic E-state index is 11.6. The largest absolute Gasteiger partial charge is 0.465 e. The number of carbonyl (C=O) groups is 1. The van der Waals surface area contributed by atoms with Gasteiger partial charge < -0.3 is 10.1 Å². The molecular formula is C13H16N4O2. The molecule has 2 aromatic heterocycles. The number of pyridine rings is 1. The number of hydrogen-bond acceptors (Lipinski definition) is 5. The van der Waals surface area contributed by atoms with Crippen molar-refractivity contribution in [1.29, 1.82) is 0 Å². The third kappa shape index (κ3) is 2.90. The molecule has 0 aromatic carbocycles. The molecule has 19 heavy (non-hydrogen) atoms. The van der Waals surface area contributed by atoms with E-state index in [2.05, 4.69) is 15.4 Å². The number of rotatable bonds is 4. The lowest BCUT2D eigenvalue weighted by molar-refractivity contribution is 0.0601. The first kappa shape index (κ1) is 13.1. The lowest BCUT2D eigenvalue weighted by Gasteiger charge is -2.08. The van der Waals surface area contributed by atoms with Gasteiger partial charge in [0.05, 0.1) is 12.8 Å². The number of methoxy groups -OCH3 is 1. The molecule has 1 N–H and O–H groups in total. The van der Waals surface area contributed by atoms with E-state index in [1.165, 1.54) is 7.11 Å². The summed E-state index contributed by atoms with van der Waals surface area (Å²) in [5.74, 6) is 0.108. The average Bonchev–Trinajstić information content (AvgIpc) is 2.74. The zero-order chi connectivity index (χ0) is 13.8. The summed E-state index contributed by atoms with van der Waals surface area (Å²) >= 11 is 0. The van der Waals surface area contributed by atoms with E-state index in [0.717, 1.165) is 11.3 Å². The van der Waals surface area contributed by atoms with Gasteiger partial charge in [-0.1, -0.05) is 0 Å². The van der Waals surface area contributed by atoms with E-state index in [9.17, 15) is 4.79 Å². The van der Waals surface area contributed by atoms with E-state index in [1.54, 1.807) is 23.0 Å². The van der Waals surface area contributed by atoms with Crippen LogP contribution in [0, 0.1) is 6.92 Å². The van der Waals surface area contributed by atoms with Crippen LogP contribution in [0.25, 0.3) is 0 Å². The van der Waals surface area contributed by atoms with Gasteiger partial charge in [0.2, 0.25) is 0 Å². The molecule has 6 nitrogen and oxygen atoms in total. The van der Waals surface area contributed by atoms with Gasteiger partial charge in [0, 0.05) is 31.5 Å². The van der Waals surface area contributed by atoms with Gasteiger partial charge in [-0.2, -0.15) is 5.10 Å². The maximum atomic E-state index is 11.6. The van der Waals surface area contributed by atoms with E-state index in [0.29, 0.717) is 17.9 Å². The standard InChI is InChI=1S/C13H16N4O2/c1-9-10(8-17(2)16-9)7-15-12-11(13(18)19-3)5-4-6-14-12/h4-6,8H,7H2,1-3H3,(H,14,15). The number of esters is 1. The monoisotopic (exact) mass is 260 g/mol. The Morgan fingerprint density at radius 1 is 1.53 bits per heavy atom. The van der Waals surface area contributed by atoms with Crippen molar-refractivity contribution in [2.75, 3.05) is 12.4 Å². The predicted octanol–water partition coefficient (Wildman–Crippen LogP) is 1.52. The predicted molar refractivity (Wildman–Crippen MR) is 70.8 cm³/mol. The number of hydrogen-bond donors (Lipinski definition) is 1. The number of nitrogens with zero attached hydrogens (tertiary/aromatic N) is 3. The van der Waals surface area contributed by atoms with Crippen molar-refractivity contribution in [2.45, 2.75) is 13.5 Å². The van der Waals surface area contributed by atoms with Crippen molar-refractivity contribution in [3.63, 3.8) is 0 Å². The van der Waals surface area contributed by atoms with Crippen LogP contribution in [0.15, 0.2) is 24.5 Å². The lowest BCUT2D eigenvalue weighted by Crippen LogP contribution is -2.09. The Bertz CT molecular complexity index is 592. The third-order valence-corrected chi connectivity index (χ3v) is 2.77. The summed E-state index contributed by atoms with van der Waals surface area (Å²) in [6.07, 6.45) is 3.56. The van der Waals surface area contributed by atoms with Gasteiger partial charge in [0.1, 0.15) is 11.4 Å². The number of anilines is 1. The van der Waals surface area contributed by atoms with Gasteiger partial charge in [0.25, 0.3) is 0 Å². The molecule has 0 aliphatic carbocycles. The molecule has 0 fully saturated rings. The summed E-state index contributed by atoms with van der Waals surface area (Å²) in [4.78, 5) is 15.8. The highest BCUT2D eigenvalue weighted by Crippen LogP contribution is 2.14. The molecule has 0 spiro atoms. The number of aromatic nitrogens is 3. The zero-order valence-corrected chi connectivity index (χ0v) is 11.2. The second-order valence-electron chi connectivity index (χ2n) is 4.16. The molecule has 0 aliphatic rings. The Hall–Kier alpha value is -2.37. The zero-order valence-electron chi connectivity index (χ0n) is 11.2. The Morgan fingerprint density at radius 2 is 2.32 bits per heavy atom. The maximum Gasteiger partial charge on any atom is 0.341 e. The molecule has 0 bridgehead atoms. The molecule has 0 radical (unpaired) electrons. The second-order valence-corrected chi connectivity index (χ2v) is 4.16. The van der Waals surface area contributed by atoms with Gasteiger partial charge in [-0.05, 0) is 19.1 Å². The Labute approximate surface area is 111 Å². The average molecular weight is 260 g/mol. The molecule has 2 heterocycles. The van der Waals surface area contributed by atoms with E-state index >= 15 is 0 Å². The van der Waals surface area contributed by atoms with Crippen LogP contribution in [-0.2, 0) is 18.3 Å². The van der Waals surface area contributed by atoms with Crippen LogP contribution < -0.4 is 5.32 Å². The van der Waals surface area contributed by atoms with Crippen LogP contribution >= 0.6 is 0 Å². The highest BCUT2D eigenvalue weighted by molar-refractivity contribution is 5.94. The smallest absolute Gasteiger partial charge is 0.341 e. The summed E-state index contributed by atoms with van der Waals surface area (Å²) in [6, 6.07) is 3.38. The van der Waals surface area contributed by atoms with Gasteiger partial charge in [-0.3, -0.25) is 4.68 Å². The number of nitrogens with one attached hydrogen (secondary N) is 1. The van der Waals surface area contributed by atoms with Crippen molar-refractivity contribution in [3.05, 3.63) is 41.3 Å². The van der Waals surface area contributed by atoms with Crippen molar-refractivity contribution < 1.29 is 9.53 Å². The molecular weight excluding hydrogens is 244 g/mol. The molecule has 0 aliphatic heterocycles.